The third-order valence-corrected chi connectivity index (χ3v) is 6.90. The Morgan fingerprint density at radius 1 is 1.05 bits per heavy atom. The molecule has 1 aliphatic carbocycles. The fourth-order valence-electron chi connectivity index (χ4n) is 4.31. The number of benzene rings is 2. The van der Waals surface area contributed by atoms with Gasteiger partial charge in [-0.2, -0.15) is 0 Å². The first-order valence-electron chi connectivity index (χ1n) is 12.1. The van der Waals surface area contributed by atoms with Crippen LogP contribution in [0.25, 0.3) is 11.0 Å². The van der Waals surface area contributed by atoms with E-state index in [9.17, 15) is 19.5 Å². The fraction of sp³-hybridized carbons (Fsp3) is 0.346. The maximum absolute atomic E-state index is 13.0. The van der Waals surface area contributed by atoms with Crippen molar-refractivity contribution in [2.75, 3.05) is 5.43 Å². The molecule has 0 saturated carbocycles. The van der Waals surface area contributed by atoms with E-state index in [0.29, 0.717) is 10.7 Å². The van der Waals surface area contributed by atoms with Crippen molar-refractivity contribution in [1.29, 1.82) is 0 Å². The lowest BCUT2D eigenvalue weighted by Crippen LogP contribution is -2.58. The van der Waals surface area contributed by atoms with Gasteiger partial charge in [0.2, 0.25) is 0 Å². The first-order chi connectivity index (χ1) is 17.7. The average Bonchev–Trinajstić information content (AvgIpc) is 3.26. The van der Waals surface area contributed by atoms with Gasteiger partial charge in [-0.15, -0.1) is 5.53 Å². The van der Waals surface area contributed by atoms with E-state index < -0.39 is 30.0 Å². The molecule has 0 radical (unpaired) electrons. The Balaban J connectivity index is 1.41. The highest BCUT2D eigenvalue weighted by atomic mass is 35.5. The summed E-state index contributed by atoms with van der Waals surface area (Å²) >= 11 is 5.90. The third kappa shape index (κ3) is 6.15. The zero-order valence-corrected chi connectivity index (χ0v) is 21.4. The molecule has 37 heavy (non-hydrogen) atoms. The molecule has 5 N–H and O–H groups in total. The first-order valence-corrected chi connectivity index (χ1v) is 12.5. The molecule has 3 aromatic rings. The van der Waals surface area contributed by atoms with Crippen LogP contribution in [0, 0.1) is 5.92 Å². The highest BCUT2D eigenvalue weighted by molar-refractivity contribution is 6.30. The molecule has 0 spiro atoms. The van der Waals surface area contributed by atoms with Gasteiger partial charge in [0.1, 0.15) is 11.3 Å². The summed E-state index contributed by atoms with van der Waals surface area (Å²) in [5.74, 6) is -1.09. The molecule has 4 rings (SSSR count). The van der Waals surface area contributed by atoms with E-state index in [1.807, 2.05) is 18.2 Å². The molecule has 0 unspecified atom stereocenters. The van der Waals surface area contributed by atoms with Gasteiger partial charge in [-0.25, -0.2) is 14.5 Å². The summed E-state index contributed by atoms with van der Waals surface area (Å²) in [6.07, 6.45) is 4.14. The number of hydrogen-bond acceptors (Lipinski definition) is 6. The number of rotatable bonds is 8. The number of carbonyl (C=O) groups is 3. The Morgan fingerprint density at radius 3 is 2.51 bits per heavy atom. The van der Waals surface area contributed by atoms with E-state index in [2.05, 4.69) is 21.7 Å². The molecule has 1 aromatic heterocycles. The van der Waals surface area contributed by atoms with E-state index in [1.165, 1.54) is 19.4 Å². The second kappa shape index (κ2) is 11.5. The first kappa shape index (κ1) is 26.3. The zero-order valence-electron chi connectivity index (χ0n) is 20.6. The molecule has 1 heterocycles. The van der Waals surface area contributed by atoms with Crippen molar-refractivity contribution in [2.45, 2.75) is 52.1 Å². The molecule has 0 aliphatic heterocycles. The van der Waals surface area contributed by atoms with Crippen molar-refractivity contribution in [3.8, 4) is 0 Å². The van der Waals surface area contributed by atoms with Gasteiger partial charge in [-0.05, 0) is 69.0 Å². The highest BCUT2D eigenvalue weighted by Gasteiger charge is 2.33. The number of aliphatic carboxylic acids is 1. The number of hydrogen-bond donors (Lipinski definition) is 5. The van der Waals surface area contributed by atoms with Crippen molar-refractivity contribution in [3.05, 3.63) is 64.4 Å². The lowest BCUT2D eigenvalue weighted by Gasteiger charge is -2.30. The second-order valence-electron chi connectivity index (χ2n) is 9.12. The van der Waals surface area contributed by atoms with Crippen molar-refractivity contribution < 1.29 is 23.9 Å². The quantitative estimate of drug-likeness (QED) is 0.265. The number of aryl methyl sites for hydroxylation is 2. The van der Waals surface area contributed by atoms with E-state index in [-0.39, 0.29) is 6.54 Å². The number of carbonyl (C=O) groups excluding carboxylic acids is 2. The van der Waals surface area contributed by atoms with E-state index in [0.717, 1.165) is 52.9 Å². The number of carboxylic acid groups (broad SMARTS) is 1. The van der Waals surface area contributed by atoms with Crippen LogP contribution >= 0.6 is 11.6 Å². The van der Waals surface area contributed by atoms with Crippen LogP contribution in [0.4, 0.5) is 15.3 Å². The number of amides is 4. The van der Waals surface area contributed by atoms with Crippen molar-refractivity contribution >= 4 is 46.3 Å². The van der Waals surface area contributed by atoms with E-state index >= 15 is 0 Å². The molecule has 1 aliphatic rings. The van der Waals surface area contributed by atoms with Crippen LogP contribution in [-0.4, -0.2) is 34.1 Å². The number of nitrogens with one attached hydrogen (secondary N) is 4. The van der Waals surface area contributed by atoms with Crippen molar-refractivity contribution in [1.82, 2.24) is 21.2 Å². The molecule has 10 nitrogen and oxygen atoms in total. The van der Waals surface area contributed by atoms with Crippen molar-refractivity contribution in [3.63, 3.8) is 0 Å². The topological polar surface area (TPSA) is 136 Å². The van der Waals surface area contributed by atoms with Crippen LogP contribution in [0.15, 0.2) is 46.9 Å². The molecule has 2 atom stereocenters. The van der Waals surface area contributed by atoms with Gasteiger partial charge in [0, 0.05) is 28.9 Å². The lowest BCUT2D eigenvalue weighted by molar-refractivity contribution is -0.142. The van der Waals surface area contributed by atoms with Crippen LogP contribution in [0.2, 0.25) is 5.02 Å². The Bertz CT molecular complexity index is 1290. The maximum atomic E-state index is 13.0. The minimum Gasteiger partial charge on any atom is -0.481 e. The number of imide groups is 1. The highest BCUT2D eigenvalue weighted by Crippen LogP contribution is 2.33. The second-order valence-corrected chi connectivity index (χ2v) is 9.56. The normalized spacial score (nSPS) is 14.4. The predicted octanol–water partition coefficient (Wildman–Crippen LogP) is 4.83. The van der Waals surface area contributed by atoms with Gasteiger partial charge >= 0.3 is 18.0 Å². The molecular formula is C26H30ClN5O5. The van der Waals surface area contributed by atoms with Crippen LogP contribution in [0.1, 0.15) is 43.6 Å². The van der Waals surface area contributed by atoms with E-state index in [4.69, 9.17) is 16.0 Å². The summed E-state index contributed by atoms with van der Waals surface area (Å²) in [4.78, 5) is 38.3. The molecule has 0 fully saturated rings. The summed E-state index contributed by atoms with van der Waals surface area (Å²) in [5.41, 5.74) is 11.4. The largest absolute Gasteiger partial charge is 0.481 e. The molecule has 4 amide bonds. The Kier molecular flexibility index (Phi) is 8.20. The number of nitrogens with zero attached hydrogens (tertiary/aromatic N) is 1. The molecule has 11 heteroatoms. The van der Waals surface area contributed by atoms with Gasteiger partial charge < -0.3 is 20.3 Å². The number of fused-ring (bicyclic) bond motifs is 3. The van der Waals surface area contributed by atoms with Gasteiger partial charge in [0.15, 0.2) is 0 Å². The Labute approximate surface area is 219 Å². The third-order valence-electron chi connectivity index (χ3n) is 6.65. The lowest BCUT2D eigenvalue weighted by atomic mass is 9.96. The molecule has 0 bridgehead atoms. The van der Waals surface area contributed by atoms with E-state index in [1.54, 1.807) is 24.3 Å². The summed E-state index contributed by atoms with van der Waals surface area (Å²) in [5, 5.41) is 13.7. The number of furan rings is 1. The molecular weight excluding hydrogens is 498 g/mol. The smallest absolute Gasteiger partial charge is 0.341 e. The van der Waals surface area contributed by atoms with Crippen LogP contribution < -0.4 is 21.7 Å². The average molecular weight is 528 g/mol. The predicted molar refractivity (Wildman–Crippen MR) is 140 cm³/mol. The van der Waals surface area contributed by atoms with Gasteiger partial charge in [-0.3, -0.25) is 10.2 Å². The number of hydrazine groups is 2. The summed E-state index contributed by atoms with van der Waals surface area (Å²) in [6.45, 7) is 3.07. The zero-order chi connectivity index (χ0) is 26.5. The number of carboxylic acids is 1. The summed E-state index contributed by atoms with van der Waals surface area (Å²) in [6, 6.07) is 10.0. The van der Waals surface area contributed by atoms with Crippen molar-refractivity contribution in [2.24, 2.45) is 5.92 Å². The minimum absolute atomic E-state index is 0.134. The SMILES string of the molecule is C[C@@H](C(=O)O)[C@H](C)N(C(=O)NCc1ccc(Cl)cc1)C(=O)NNNc1ccc2oc3c(c2c1)CCCC3. The number of halogens is 1. The molecule has 0 saturated heterocycles. The van der Waals surface area contributed by atoms with Gasteiger partial charge in [0.25, 0.3) is 0 Å². The van der Waals surface area contributed by atoms with Crippen LogP contribution in [-0.2, 0) is 24.2 Å². The van der Waals surface area contributed by atoms with Crippen LogP contribution in [0.5, 0.6) is 0 Å². The number of anilines is 1. The van der Waals surface area contributed by atoms with Crippen LogP contribution in [0.3, 0.4) is 0 Å². The maximum Gasteiger partial charge on any atom is 0.341 e. The fourth-order valence-corrected chi connectivity index (χ4v) is 4.44. The summed E-state index contributed by atoms with van der Waals surface area (Å²) in [7, 11) is 0. The van der Waals surface area contributed by atoms with Gasteiger partial charge in [-0.1, -0.05) is 23.7 Å². The monoisotopic (exact) mass is 527 g/mol. The molecule has 2 aromatic carbocycles. The molecule has 196 valence electrons. The van der Waals surface area contributed by atoms with Gasteiger partial charge in [0.05, 0.1) is 17.6 Å². The minimum atomic E-state index is -1.13. The summed E-state index contributed by atoms with van der Waals surface area (Å²) < 4.78 is 5.95. The Morgan fingerprint density at radius 2 is 1.78 bits per heavy atom. The Hall–Kier alpha value is -3.76. The number of urea groups is 2. The standard InChI is InChI=1S/C26H30ClN5O5/c1-15(24(33)34)16(2)32(25(35)28-14-17-7-9-18(27)10-8-17)26(36)30-31-29-19-11-12-23-21(13-19)20-5-3-4-6-22(20)37-23/h7-13,15-16,29,31H,3-6,14H2,1-2H3,(H,28,35)(H,30,36)(H,33,34)/t15-,16+/m1/s1.